The molecule has 0 unspecified atom stereocenters. The Balaban J connectivity index is 3.81. The normalized spacial score (nSPS) is 11.1. The Labute approximate surface area is 80.3 Å². The third-order valence-electron chi connectivity index (χ3n) is 1.11. The first-order chi connectivity index (χ1) is 5.98. The van der Waals surface area contributed by atoms with Gasteiger partial charge < -0.3 is 0 Å². The lowest BCUT2D eigenvalue weighted by molar-refractivity contribution is 0.556. The molecule has 0 aliphatic heterocycles. The second kappa shape index (κ2) is 5.97. The molecule has 0 heterocycles. The van der Waals surface area contributed by atoms with Crippen LogP contribution in [0.1, 0.15) is 27.2 Å². The Hall–Kier alpha value is -0.570. The van der Waals surface area contributed by atoms with E-state index in [1.165, 1.54) is 0 Å². The van der Waals surface area contributed by atoms with E-state index in [9.17, 15) is 8.42 Å². The molecule has 5 heteroatoms. The van der Waals surface area contributed by atoms with E-state index in [2.05, 4.69) is 21.3 Å². The van der Waals surface area contributed by atoms with Crippen LogP contribution < -0.4 is 9.44 Å². The van der Waals surface area contributed by atoms with Gasteiger partial charge in [-0.05, 0) is 20.8 Å². The van der Waals surface area contributed by atoms with Crippen LogP contribution in [0.3, 0.4) is 0 Å². The average molecular weight is 204 g/mol. The molecule has 0 rings (SSSR count). The van der Waals surface area contributed by atoms with Crippen LogP contribution in [0, 0.1) is 11.8 Å². The Kier molecular flexibility index (Phi) is 5.71. The fourth-order valence-corrected chi connectivity index (χ4v) is 1.80. The van der Waals surface area contributed by atoms with Crippen molar-refractivity contribution in [1.82, 2.24) is 9.44 Å². The van der Waals surface area contributed by atoms with Gasteiger partial charge in [0.2, 0.25) is 0 Å². The number of rotatable bonds is 5. The molecular formula is C8H16N2O2S. The summed E-state index contributed by atoms with van der Waals surface area (Å²) in [7, 11) is -3.33. The Morgan fingerprint density at radius 1 is 1.38 bits per heavy atom. The lowest BCUT2D eigenvalue weighted by Gasteiger charge is -2.09. The second-order valence-electron chi connectivity index (χ2n) is 2.85. The molecule has 0 saturated heterocycles. The summed E-state index contributed by atoms with van der Waals surface area (Å²) < 4.78 is 27.1. The minimum atomic E-state index is -3.33. The SMILES string of the molecule is CC#CCCNS(=O)(=O)NC(C)C. The van der Waals surface area contributed by atoms with Crippen LogP contribution in [0.15, 0.2) is 0 Å². The van der Waals surface area contributed by atoms with E-state index in [1.54, 1.807) is 20.8 Å². The van der Waals surface area contributed by atoms with Gasteiger partial charge in [0.05, 0.1) is 0 Å². The van der Waals surface area contributed by atoms with Crippen molar-refractivity contribution in [2.45, 2.75) is 33.2 Å². The Bertz CT molecular complexity index is 285. The highest BCUT2D eigenvalue weighted by molar-refractivity contribution is 7.87. The highest BCUT2D eigenvalue weighted by atomic mass is 32.2. The summed E-state index contributed by atoms with van der Waals surface area (Å²) in [6.45, 7) is 5.61. The van der Waals surface area contributed by atoms with Gasteiger partial charge in [-0.1, -0.05) is 0 Å². The minimum absolute atomic E-state index is 0.0882. The van der Waals surface area contributed by atoms with E-state index in [-0.39, 0.29) is 6.04 Å². The number of hydrogen-bond donors (Lipinski definition) is 2. The zero-order valence-corrected chi connectivity index (χ0v) is 9.03. The minimum Gasteiger partial charge on any atom is -0.201 e. The maximum atomic E-state index is 11.1. The Morgan fingerprint density at radius 2 is 2.00 bits per heavy atom. The third-order valence-corrected chi connectivity index (χ3v) is 2.48. The van der Waals surface area contributed by atoms with Crippen LogP contribution in [0.4, 0.5) is 0 Å². The third kappa shape index (κ3) is 7.78. The summed E-state index contributed by atoms with van der Waals surface area (Å²) in [6, 6.07) is -0.0882. The van der Waals surface area contributed by atoms with Gasteiger partial charge in [0.15, 0.2) is 0 Å². The molecule has 4 nitrogen and oxygen atoms in total. The van der Waals surface area contributed by atoms with Crippen molar-refractivity contribution in [3.05, 3.63) is 0 Å². The van der Waals surface area contributed by atoms with Gasteiger partial charge in [-0.25, -0.2) is 4.72 Å². The summed E-state index contributed by atoms with van der Waals surface area (Å²) in [4.78, 5) is 0. The van der Waals surface area contributed by atoms with E-state index in [4.69, 9.17) is 0 Å². The summed E-state index contributed by atoms with van der Waals surface area (Å²) in [5.41, 5.74) is 0. The molecule has 0 aliphatic rings. The Morgan fingerprint density at radius 3 is 2.46 bits per heavy atom. The van der Waals surface area contributed by atoms with Crippen molar-refractivity contribution in [3.63, 3.8) is 0 Å². The largest absolute Gasteiger partial charge is 0.277 e. The molecule has 76 valence electrons. The summed E-state index contributed by atoms with van der Waals surface area (Å²) >= 11 is 0. The first-order valence-electron chi connectivity index (χ1n) is 4.14. The highest BCUT2D eigenvalue weighted by Crippen LogP contribution is 1.83. The van der Waals surface area contributed by atoms with Crippen molar-refractivity contribution in [1.29, 1.82) is 0 Å². The number of nitrogens with one attached hydrogen (secondary N) is 2. The van der Waals surface area contributed by atoms with Gasteiger partial charge >= 0.3 is 0 Å². The van der Waals surface area contributed by atoms with Crippen molar-refractivity contribution in [2.24, 2.45) is 0 Å². The fraction of sp³-hybridized carbons (Fsp3) is 0.750. The van der Waals surface area contributed by atoms with Gasteiger partial charge in [-0.3, -0.25) is 0 Å². The van der Waals surface area contributed by atoms with E-state index < -0.39 is 10.2 Å². The second-order valence-corrected chi connectivity index (χ2v) is 4.38. The summed E-state index contributed by atoms with van der Waals surface area (Å²) in [5, 5.41) is 0. The molecule has 0 fully saturated rings. The monoisotopic (exact) mass is 204 g/mol. The van der Waals surface area contributed by atoms with Crippen LogP contribution in [0.5, 0.6) is 0 Å². The molecular weight excluding hydrogens is 188 g/mol. The standard InChI is InChI=1S/C8H16N2O2S/c1-4-5-6-7-9-13(11,12)10-8(2)3/h8-10H,6-7H2,1-3H3. The zero-order valence-electron chi connectivity index (χ0n) is 8.22. The molecule has 0 spiro atoms. The van der Waals surface area contributed by atoms with Crippen molar-refractivity contribution in [2.75, 3.05) is 6.54 Å². The van der Waals surface area contributed by atoms with Crippen LogP contribution in [0.25, 0.3) is 0 Å². The molecule has 0 aromatic rings. The molecule has 0 atom stereocenters. The smallest absolute Gasteiger partial charge is 0.201 e. The van der Waals surface area contributed by atoms with Gasteiger partial charge in [0, 0.05) is 19.0 Å². The molecule has 0 radical (unpaired) electrons. The van der Waals surface area contributed by atoms with E-state index >= 15 is 0 Å². The summed E-state index contributed by atoms with van der Waals surface area (Å²) in [6.07, 6.45) is 0.537. The predicted octanol–water partition coefficient (Wildman–Crippen LogP) is 0.232. The molecule has 0 aromatic carbocycles. The maximum Gasteiger partial charge on any atom is 0.277 e. The van der Waals surface area contributed by atoms with Crippen LogP contribution in [-0.2, 0) is 10.2 Å². The van der Waals surface area contributed by atoms with Crippen molar-refractivity contribution < 1.29 is 8.42 Å². The molecule has 0 aromatic heterocycles. The molecule has 0 amide bonds. The lowest BCUT2D eigenvalue weighted by Crippen LogP contribution is -2.40. The summed E-state index contributed by atoms with van der Waals surface area (Å²) in [5.74, 6) is 5.46. The van der Waals surface area contributed by atoms with Gasteiger partial charge in [-0.2, -0.15) is 13.1 Å². The number of hydrogen-bond acceptors (Lipinski definition) is 2. The molecule has 2 N–H and O–H groups in total. The van der Waals surface area contributed by atoms with Gasteiger partial charge in [0.1, 0.15) is 0 Å². The van der Waals surface area contributed by atoms with Crippen LogP contribution in [0.2, 0.25) is 0 Å². The highest BCUT2D eigenvalue weighted by Gasteiger charge is 2.08. The molecule has 0 aliphatic carbocycles. The molecule has 0 bridgehead atoms. The van der Waals surface area contributed by atoms with Crippen LogP contribution >= 0.6 is 0 Å². The first-order valence-corrected chi connectivity index (χ1v) is 5.63. The van der Waals surface area contributed by atoms with Crippen molar-refractivity contribution >= 4 is 10.2 Å². The zero-order chi connectivity index (χ0) is 10.3. The first kappa shape index (κ1) is 12.4. The van der Waals surface area contributed by atoms with Gasteiger partial charge in [0.25, 0.3) is 10.2 Å². The van der Waals surface area contributed by atoms with Gasteiger partial charge in [-0.15, -0.1) is 11.8 Å². The predicted molar refractivity (Wildman–Crippen MR) is 53.3 cm³/mol. The molecule has 13 heavy (non-hydrogen) atoms. The van der Waals surface area contributed by atoms with E-state index in [1.807, 2.05) is 0 Å². The fourth-order valence-electron chi connectivity index (χ4n) is 0.725. The maximum absolute atomic E-state index is 11.1. The van der Waals surface area contributed by atoms with E-state index in [0.29, 0.717) is 13.0 Å². The molecule has 0 saturated carbocycles. The lowest BCUT2D eigenvalue weighted by atomic mass is 10.4. The van der Waals surface area contributed by atoms with E-state index in [0.717, 1.165) is 0 Å². The topological polar surface area (TPSA) is 58.2 Å². The average Bonchev–Trinajstić information content (AvgIpc) is 1.95. The van der Waals surface area contributed by atoms with Crippen LogP contribution in [-0.4, -0.2) is 21.0 Å². The quantitative estimate of drug-likeness (QED) is 0.497. The van der Waals surface area contributed by atoms with Crippen molar-refractivity contribution in [3.8, 4) is 11.8 Å².